The predicted molar refractivity (Wildman–Crippen MR) is 71.5 cm³/mol. The molecular formula is C12H18N2O7. The number of phenolic OH excluding ortho intramolecular Hbond substituents is 1. The number of amides is 2. The minimum atomic E-state index is -0.794. The first-order chi connectivity index (χ1) is 9.89. The minimum absolute atomic E-state index is 0.0782. The van der Waals surface area contributed by atoms with Crippen molar-refractivity contribution in [3.05, 3.63) is 12.1 Å². The van der Waals surface area contributed by atoms with E-state index in [1.807, 2.05) is 0 Å². The van der Waals surface area contributed by atoms with Gasteiger partial charge in [-0.3, -0.25) is 14.8 Å². The number of carbonyl (C=O) groups is 2. The Balaban J connectivity index is 0.000000433. The highest BCUT2D eigenvalue weighted by atomic mass is 16.5. The molecule has 0 fully saturated rings. The summed E-state index contributed by atoms with van der Waals surface area (Å²) in [6.45, 7) is 0. The average molecular weight is 302 g/mol. The highest BCUT2D eigenvalue weighted by Gasteiger charge is 2.12. The highest BCUT2D eigenvalue weighted by molar-refractivity contribution is 5.95. The van der Waals surface area contributed by atoms with E-state index in [1.54, 1.807) is 0 Å². The van der Waals surface area contributed by atoms with E-state index in [1.165, 1.54) is 38.9 Å². The molecule has 0 aliphatic carbocycles. The quantitative estimate of drug-likeness (QED) is 0.335. The summed E-state index contributed by atoms with van der Waals surface area (Å²) in [4.78, 5) is 19.8. The SMILES string of the molecule is COc1cc(O)cc(OC)c1OC.NC(=O)CC(=O)NO. The highest BCUT2D eigenvalue weighted by Crippen LogP contribution is 2.40. The Kier molecular flexibility index (Phi) is 8.08. The fraction of sp³-hybridized carbons (Fsp3) is 0.333. The lowest BCUT2D eigenvalue weighted by molar-refractivity contribution is -0.133. The van der Waals surface area contributed by atoms with Crippen LogP contribution in [0.15, 0.2) is 12.1 Å². The third-order valence-corrected chi connectivity index (χ3v) is 2.11. The second-order valence-corrected chi connectivity index (χ2v) is 3.56. The van der Waals surface area contributed by atoms with Gasteiger partial charge < -0.3 is 25.1 Å². The molecule has 0 unspecified atom stereocenters. The molecule has 1 aromatic rings. The van der Waals surface area contributed by atoms with E-state index in [9.17, 15) is 14.7 Å². The van der Waals surface area contributed by atoms with Crippen LogP contribution in [0.3, 0.4) is 0 Å². The fourth-order valence-corrected chi connectivity index (χ4v) is 1.27. The van der Waals surface area contributed by atoms with E-state index < -0.39 is 18.2 Å². The van der Waals surface area contributed by atoms with Crippen molar-refractivity contribution in [2.24, 2.45) is 5.73 Å². The summed E-state index contributed by atoms with van der Waals surface area (Å²) in [5.41, 5.74) is 5.81. The van der Waals surface area contributed by atoms with Crippen LogP contribution < -0.4 is 25.4 Å². The molecule has 9 nitrogen and oxygen atoms in total. The third kappa shape index (κ3) is 6.34. The minimum Gasteiger partial charge on any atom is -0.508 e. The molecule has 118 valence electrons. The molecule has 0 heterocycles. The standard InChI is InChI=1S/C9H12O4.C3H6N2O3/c1-11-7-4-6(10)5-8(12-2)9(7)13-3;4-2(6)1-3(7)5-8/h4-5,10H,1-3H3;8H,1H2,(H2,4,6)(H,5,7). The molecule has 0 saturated carbocycles. The van der Waals surface area contributed by atoms with E-state index in [0.717, 1.165) is 0 Å². The van der Waals surface area contributed by atoms with E-state index in [2.05, 4.69) is 5.73 Å². The van der Waals surface area contributed by atoms with Crippen LogP contribution in [0.4, 0.5) is 0 Å². The maximum absolute atomic E-state index is 9.96. The van der Waals surface area contributed by atoms with E-state index in [-0.39, 0.29) is 5.75 Å². The van der Waals surface area contributed by atoms with Crippen LogP contribution >= 0.6 is 0 Å². The molecule has 0 bridgehead atoms. The number of phenols is 1. The second kappa shape index (κ2) is 9.26. The van der Waals surface area contributed by atoms with Gasteiger partial charge in [-0.2, -0.15) is 0 Å². The van der Waals surface area contributed by atoms with E-state index in [0.29, 0.717) is 17.2 Å². The lowest BCUT2D eigenvalue weighted by atomic mass is 10.2. The summed E-state index contributed by atoms with van der Waals surface area (Å²) in [5.74, 6) is -0.120. The Bertz CT molecular complexity index is 465. The van der Waals surface area contributed by atoms with Gasteiger partial charge in [0, 0.05) is 12.1 Å². The van der Waals surface area contributed by atoms with E-state index >= 15 is 0 Å². The number of hydroxylamine groups is 1. The topological polar surface area (TPSA) is 140 Å². The van der Waals surface area contributed by atoms with Crippen molar-refractivity contribution in [3.63, 3.8) is 0 Å². The second-order valence-electron chi connectivity index (χ2n) is 3.56. The number of hydrogen-bond acceptors (Lipinski definition) is 7. The van der Waals surface area contributed by atoms with Crippen molar-refractivity contribution in [3.8, 4) is 23.0 Å². The zero-order valence-electron chi connectivity index (χ0n) is 11.9. The van der Waals surface area contributed by atoms with Gasteiger partial charge in [0.05, 0.1) is 21.3 Å². The van der Waals surface area contributed by atoms with Crippen molar-refractivity contribution in [1.82, 2.24) is 5.48 Å². The van der Waals surface area contributed by atoms with Crippen LogP contribution in [0, 0.1) is 0 Å². The number of methoxy groups -OCH3 is 3. The van der Waals surface area contributed by atoms with Gasteiger partial charge in [-0.05, 0) is 0 Å². The Morgan fingerprint density at radius 3 is 1.86 bits per heavy atom. The van der Waals surface area contributed by atoms with Gasteiger partial charge in [0.15, 0.2) is 11.5 Å². The number of rotatable bonds is 5. The summed E-state index contributed by atoms with van der Waals surface area (Å²) < 4.78 is 15.0. The van der Waals surface area contributed by atoms with Gasteiger partial charge >= 0.3 is 0 Å². The molecule has 0 radical (unpaired) electrons. The summed E-state index contributed by atoms with van der Waals surface area (Å²) in [6.07, 6.45) is -0.476. The molecule has 0 spiro atoms. The first kappa shape index (κ1) is 18.3. The first-order valence-corrected chi connectivity index (χ1v) is 5.59. The molecule has 0 saturated heterocycles. The zero-order valence-corrected chi connectivity index (χ0v) is 11.9. The number of primary amides is 1. The van der Waals surface area contributed by atoms with Crippen molar-refractivity contribution < 1.29 is 34.1 Å². The van der Waals surface area contributed by atoms with Crippen LogP contribution in [-0.2, 0) is 9.59 Å². The number of aromatic hydroxyl groups is 1. The molecule has 5 N–H and O–H groups in total. The monoisotopic (exact) mass is 302 g/mol. The van der Waals surface area contributed by atoms with Gasteiger partial charge in [0.1, 0.15) is 12.2 Å². The molecule has 21 heavy (non-hydrogen) atoms. The lowest BCUT2D eigenvalue weighted by Crippen LogP contribution is -2.25. The molecule has 1 aromatic carbocycles. The Morgan fingerprint density at radius 2 is 1.62 bits per heavy atom. The Morgan fingerprint density at radius 1 is 1.14 bits per heavy atom. The number of nitrogens with two attached hydrogens (primary N) is 1. The van der Waals surface area contributed by atoms with Gasteiger partial charge in [-0.25, -0.2) is 5.48 Å². The van der Waals surface area contributed by atoms with Gasteiger partial charge in [-0.1, -0.05) is 0 Å². The van der Waals surface area contributed by atoms with Gasteiger partial charge in [-0.15, -0.1) is 0 Å². The normalized spacial score (nSPS) is 8.95. The third-order valence-electron chi connectivity index (χ3n) is 2.11. The maximum Gasteiger partial charge on any atom is 0.252 e. The van der Waals surface area contributed by atoms with Crippen molar-refractivity contribution in [2.75, 3.05) is 21.3 Å². The van der Waals surface area contributed by atoms with Gasteiger partial charge in [0.2, 0.25) is 11.7 Å². The Hall–Kier alpha value is -2.68. The molecule has 9 heteroatoms. The Labute approximate surface area is 121 Å². The number of benzene rings is 1. The van der Waals surface area contributed by atoms with Crippen molar-refractivity contribution >= 4 is 11.8 Å². The average Bonchev–Trinajstić information content (AvgIpc) is 2.45. The first-order valence-electron chi connectivity index (χ1n) is 5.59. The van der Waals surface area contributed by atoms with Crippen molar-refractivity contribution in [1.29, 1.82) is 0 Å². The molecular weight excluding hydrogens is 284 g/mol. The molecule has 0 aliphatic heterocycles. The maximum atomic E-state index is 9.96. The van der Waals surface area contributed by atoms with Crippen LogP contribution in [0.5, 0.6) is 23.0 Å². The summed E-state index contributed by atoms with van der Waals surface area (Å²) >= 11 is 0. The summed E-state index contributed by atoms with van der Waals surface area (Å²) in [5, 5.41) is 17.0. The zero-order chi connectivity index (χ0) is 16.4. The largest absolute Gasteiger partial charge is 0.508 e. The lowest BCUT2D eigenvalue weighted by Gasteiger charge is -2.11. The fourth-order valence-electron chi connectivity index (χ4n) is 1.27. The van der Waals surface area contributed by atoms with Gasteiger partial charge in [0.25, 0.3) is 5.91 Å². The molecule has 0 atom stereocenters. The van der Waals surface area contributed by atoms with Crippen molar-refractivity contribution in [2.45, 2.75) is 6.42 Å². The van der Waals surface area contributed by atoms with Crippen LogP contribution in [0.25, 0.3) is 0 Å². The van der Waals surface area contributed by atoms with Crippen LogP contribution in [0.2, 0.25) is 0 Å². The molecule has 1 rings (SSSR count). The number of nitrogens with one attached hydrogen (secondary N) is 1. The molecule has 0 aromatic heterocycles. The van der Waals surface area contributed by atoms with Crippen LogP contribution in [0.1, 0.15) is 6.42 Å². The summed E-state index contributed by atoms with van der Waals surface area (Å²) in [7, 11) is 4.50. The number of carbonyl (C=O) groups excluding carboxylic acids is 2. The van der Waals surface area contributed by atoms with Crippen LogP contribution in [-0.4, -0.2) is 43.5 Å². The smallest absolute Gasteiger partial charge is 0.252 e. The number of ether oxygens (including phenoxy) is 3. The molecule has 2 amide bonds. The van der Waals surface area contributed by atoms with E-state index in [4.69, 9.17) is 19.4 Å². The summed E-state index contributed by atoms with van der Waals surface area (Å²) in [6, 6.07) is 2.92. The molecule has 0 aliphatic rings. The predicted octanol–water partition coefficient (Wildman–Crippen LogP) is -0.215. The number of hydrogen-bond donors (Lipinski definition) is 4.